The van der Waals surface area contributed by atoms with Crippen molar-refractivity contribution in [2.45, 2.75) is 52.0 Å². The van der Waals surface area contributed by atoms with Gasteiger partial charge in [0.05, 0.1) is 6.61 Å². The minimum absolute atomic E-state index is 0.344. The molecule has 1 unspecified atom stereocenters. The van der Waals surface area contributed by atoms with Crippen LogP contribution in [-0.4, -0.2) is 51.3 Å². The quantitative estimate of drug-likeness (QED) is 0.829. The van der Waals surface area contributed by atoms with Crippen LogP contribution in [-0.2, 0) is 4.74 Å². The van der Waals surface area contributed by atoms with Crippen molar-refractivity contribution in [3.8, 4) is 0 Å². The lowest BCUT2D eigenvalue weighted by Crippen LogP contribution is -2.47. The van der Waals surface area contributed by atoms with Crippen LogP contribution < -0.4 is 5.32 Å². The second-order valence-corrected chi connectivity index (χ2v) is 7.64. The molecule has 1 heterocycles. The van der Waals surface area contributed by atoms with Gasteiger partial charge in [0.15, 0.2) is 0 Å². The van der Waals surface area contributed by atoms with E-state index in [9.17, 15) is 0 Å². The third kappa shape index (κ3) is 3.93. The third-order valence-electron chi connectivity index (χ3n) is 5.25. The fourth-order valence-electron chi connectivity index (χ4n) is 3.83. The van der Waals surface area contributed by atoms with E-state index in [1.54, 1.807) is 0 Å². The topological polar surface area (TPSA) is 24.5 Å². The molecule has 1 aliphatic carbocycles. The smallest absolute Gasteiger partial charge is 0.0547 e. The summed E-state index contributed by atoms with van der Waals surface area (Å²) < 4.78 is 5.67. The molecule has 19 heavy (non-hydrogen) atoms. The zero-order chi connectivity index (χ0) is 13.9. The Bertz CT molecular complexity index is 274. The van der Waals surface area contributed by atoms with Gasteiger partial charge in [-0.2, -0.15) is 0 Å². The van der Waals surface area contributed by atoms with Gasteiger partial charge in [-0.1, -0.05) is 13.8 Å². The Kier molecular flexibility index (Phi) is 4.91. The second kappa shape index (κ2) is 6.11. The standard InChI is InChI=1S/C16H32N2O/c1-15(2)7-5-14(6-8-15)18(4)12-16(11-17-3)9-10-19-13-16/h14,17H,5-13H2,1-4H3. The van der Waals surface area contributed by atoms with E-state index in [0.717, 1.165) is 25.8 Å². The molecule has 2 fully saturated rings. The molecule has 2 rings (SSSR count). The summed E-state index contributed by atoms with van der Waals surface area (Å²) in [5, 5.41) is 3.37. The van der Waals surface area contributed by atoms with Crippen LogP contribution in [0.1, 0.15) is 46.0 Å². The maximum atomic E-state index is 5.67. The lowest BCUT2D eigenvalue weighted by molar-refractivity contribution is 0.0717. The Morgan fingerprint density at radius 2 is 1.89 bits per heavy atom. The molecule has 2 aliphatic rings. The summed E-state index contributed by atoms with van der Waals surface area (Å²) in [6.45, 7) is 8.95. The van der Waals surface area contributed by atoms with Crippen molar-refractivity contribution >= 4 is 0 Å². The zero-order valence-electron chi connectivity index (χ0n) is 13.3. The molecule has 0 spiro atoms. The molecular formula is C16H32N2O. The predicted molar refractivity (Wildman–Crippen MR) is 80.5 cm³/mol. The summed E-state index contributed by atoms with van der Waals surface area (Å²) in [5.74, 6) is 0. The van der Waals surface area contributed by atoms with Gasteiger partial charge in [-0.15, -0.1) is 0 Å². The summed E-state index contributed by atoms with van der Waals surface area (Å²) in [5.41, 5.74) is 0.910. The van der Waals surface area contributed by atoms with E-state index in [4.69, 9.17) is 4.74 Å². The molecular weight excluding hydrogens is 236 g/mol. The Morgan fingerprint density at radius 3 is 2.42 bits per heavy atom. The van der Waals surface area contributed by atoms with Gasteiger partial charge in [0, 0.05) is 31.2 Å². The molecule has 0 amide bonds. The molecule has 1 saturated heterocycles. The molecule has 1 aliphatic heterocycles. The van der Waals surface area contributed by atoms with Crippen LogP contribution in [0.3, 0.4) is 0 Å². The molecule has 112 valence electrons. The number of ether oxygens (including phenoxy) is 1. The van der Waals surface area contributed by atoms with Crippen molar-refractivity contribution in [2.75, 3.05) is 40.4 Å². The third-order valence-corrected chi connectivity index (χ3v) is 5.25. The molecule has 1 atom stereocenters. The Morgan fingerprint density at radius 1 is 1.21 bits per heavy atom. The molecule has 0 bridgehead atoms. The summed E-state index contributed by atoms with van der Waals surface area (Å²) in [7, 11) is 4.38. The first kappa shape index (κ1) is 15.3. The summed E-state index contributed by atoms with van der Waals surface area (Å²) in [4.78, 5) is 2.61. The first-order valence-corrected chi connectivity index (χ1v) is 7.89. The Labute approximate surface area is 119 Å². The number of rotatable bonds is 5. The van der Waals surface area contributed by atoms with Gasteiger partial charge in [-0.05, 0) is 51.6 Å². The van der Waals surface area contributed by atoms with Gasteiger partial charge < -0.3 is 15.0 Å². The van der Waals surface area contributed by atoms with E-state index in [0.29, 0.717) is 10.8 Å². The monoisotopic (exact) mass is 268 g/mol. The Hall–Kier alpha value is -0.120. The average Bonchev–Trinajstić information content (AvgIpc) is 2.77. The average molecular weight is 268 g/mol. The van der Waals surface area contributed by atoms with Crippen LogP contribution in [0.25, 0.3) is 0 Å². The fourth-order valence-corrected chi connectivity index (χ4v) is 3.83. The first-order chi connectivity index (χ1) is 8.96. The largest absolute Gasteiger partial charge is 0.381 e. The van der Waals surface area contributed by atoms with Crippen LogP contribution in [0, 0.1) is 10.8 Å². The summed E-state index contributed by atoms with van der Waals surface area (Å²) in [6, 6.07) is 0.780. The normalized spacial score (nSPS) is 32.1. The van der Waals surface area contributed by atoms with Gasteiger partial charge in [-0.3, -0.25) is 0 Å². The Balaban J connectivity index is 1.87. The van der Waals surface area contributed by atoms with Gasteiger partial charge in [0.25, 0.3) is 0 Å². The molecule has 0 aromatic rings. The fraction of sp³-hybridized carbons (Fsp3) is 1.00. The van der Waals surface area contributed by atoms with Crippen LogP contribution in [0.2, 0.25) is 0 Å². The van der Waals surface area contributed by atoms with Crippen LogP contribution in [0.5, 0.6) is 0 Å². The highest BCUT2D eigenvalue weighted by Gasteiger charge is 2.37. The van der Waals surface area contributed by atoms with E-state index >= 15 is 0 Å². The summed E-state index contributed by atoms with van der Waals surface area (Å²) >= 11 is 0. The lowest BCUT2D eigenvalue weighted by Gasteiger charge is -2.41. The van der Waals surface area contributed by atoms with Gasteiger partial charge in [0.1, 0.15) is 0 Å². The molecule has 0 aromatic carbocycles. The van der Waals surface area contributed by atoms with E-state index in [1.807, 2.05) is 0 Å². The van der Waals surface area contributed by atoms with E-state index in [2.05, 4.69) is 38.2 Å². The zero-order valence-corrected chi connectivity index (χ0v) is 13.3. The molecule has 1 saturated carbocycles. The second-order valence-electron chi connectivity index (χ2n) is 7.64. The SMILES string of the molecule is CNCC1(CN(C)C2CCC(C)(C)CC2)CCOC1. The van der Waals surface area contributed by atoms with Crippen molar-refractivity contribution in [1.82, 2.24) is 10.2 Å². The maximum absolute atomic E-state index is 5.67. The highest BCUT2D eigenvalue weighted by molar-refractivity contribution is 4.90. The first-order valence-electron chi connectivity index (χ1n) is 7.89. The van der Waals surface area contributed by atoms with Crippen molar-refractivity contribution in [3.63, 3.8) is 0 Å². The molecule has 0 radical (unpaired) electrons. The van der Waals surface area contributed by atoms with Crippen LogP contribution >= 0.6 is 0 Å². The van der Waals surface area contributed by atoms with E-state index in [-0.39, 0.29) is 0 Å². The van der Waals surface area contributed by atoms with Gasteiger partial charge in [-0.25, -0.2) is 0 Å². The van der Waals surface area contributed by atoms with Crippen molar-refractivity contribution in [2.24, 2.45) is 10.8 Å². The van der Waals surface area contributed by atoms with Crippen molar-refractivity contribution in [1.29, 1.82) is 0 Å². The highest BCUT2D eigenvalue weighted by Crippen LogP contribution is 2.38. The summed E-state index contributed by atoms with van der Waals surface area (Å²) in [6.07, 6.45) is 6.67. The number of nitrogens with one attached hydrogen (secondary N) is 1. The van der Waals surface area contributed by atoms with Gasteiger partial charge >= 0.3 is 0 Å². The molecule has 0 aromatic heterocycles. The minimum Gasteiger partial charge on any atom is -0.381 e. The maximum Gasteiger partial charge on any atom is 0.0547 e. The molecule has 3 heteroatoms. The number of hydrogen-bond acceptors (Lipinski definition) is 3. The van der Waals surface area contributed by atoms with Crippen molar-refractivity contribution < 1.29 is 4.74 Å². The predicted octanol–water partition coefficient (Wildman–Crippen LogP) is 2.51. The molecule has 3 nitrogen and oxygen atoms in total. The van der Waals surface area contributed by atoms with Gasteiger partial charge in [0.2, 0.25) is 0 Å². The number of nitrogens with zero attached hydrogens (tertiary/aromatic N) is 1. The highest BCUT2D eigenvalue weighted by atomic mass is 16.5. The van der Waals surface area contributed by atoms with Crippen molar-refractivity contribution in [3.05, 3.63) is 0 Å². The van der Waals surface area contributed by atoms with E-state index in [1.165, 1.54) is 38.6 Å². The van der Waals surface area contributed by atoms with Crippen LogP contribution in [0.4, 0.5) is 0 Å². The minimum atomic E-state index is 0.344. The molecule has 1 N–H and O–H groups in total. The lowest BCUT2D eigenvalue weighted by atomic mass is 9.75. The van der Waals surface area contributed by atoms with E-state index < -0.39 is 0 Å². The number of hydrogen-bond donors (Lipinski definition) is 1. The van der Waals surface area contributed by atoms with Crippen LogP contribution in [0.15, 0.2) is 0 Å².